The molecular formula is C20H21N3O3. The van der Waals surface area contributed by atoms with E-state index in [1.54, 1.807) is 6.20 Å². The summed E-state index contributed by atoms with van der Waals surface area (Å²) in [4.78, 5) is 43.4. The van der Waals surface area contributed by atoms with Crippen molar-refractivity contribution in [2.45, 2.75) is 19.8 Å². The molecule has 2 heterocycles. The summed E-state index contributed by atoms with van der Waals surface area (Å²) in [6, 6.07) is 9.55. The van der Waals surface area contributed by atoms with Crippen LogP contribution in [0.25, 0.3) is 10.9 Å². The van der Waals surface area contributed by atoms with E-state index in [9.17, 15) is 14.4 Å². The van der Waals surface area contributed by atoms with Gasteiger partial charge in [-0.15, -0.1) is 0 Å². The number of pyridine rings is 1. The first kappa shape index (κ1) is 16.7. The van der Waals surface area contributed by atoms with E-state index in [2.05, 4.69) is 10.3 Å². The molecule has 6 nitrogen and oxygen atoms in total. The van der Waals surface area contributed by atoms with Crippen LogP contribution in [-0.4, -0.2) is 34.7 Å². The first-order valence-electron chi connectivity index (χ1n) is 8.94. The molecule has 4 atom stereocenters. The molecule has 1 saturated heterocycles. The van der Waals surface area contributed by atoms with Gasteiger partial charge in [0, 0.05) is 12.4 Å². The van der Waals surface area contributed by atoms with Crippen LogP contribution in [0.4, 0.5) is 5.69 Å². The van der Waals surface area contributed by atoms with Gasteiger partial charge in [-0.2, -0.15) is 0 Å². The number of carbonyl (C=O) groups is 3. The summed E-state index contributed by atoms with van der Waals surface area (Å²) < 4.78 is 0. The summed E-state index contributed by atoms with van der Waals surface area (Å²) >= 11 is 0. The zero-order chi connectivity index (χ0) is 18.4. The molecule has 4 rings (SSSR count). The summed E-state index contributed by atoms with van der Waals surface area (Å²) in [7, 11) is 1.51. The van der Waals surface area contributed by atoms with E-state index in [1.807, 2.05) is 37.3 Å². The predicted octanol–water partition coefficient (Wildman–Crippen LogP) is 2.45. The average Bonchev–Trinajstić information content (AvgIpc) is 2.85. The van der Waals surface area contributed by atoms with E-state index < -0.39 is 11.8 Å². The van der Waals surface area contributed by atoms with Crippen LogP contribution in [0.2, 0.25) is 0 Å². The molecule has 6 heteroatoms. The van der Waals surface area contributed by atoms with Crippen molar-refractivity contribution < 1.29 is 14.4 Å². The zero-order valence-electron chi connectivity index (χ0n) is 14.8. The van der Waals surface area contributed by atoms with Crippen molar-refractivity contribution in [3.05, 3.63) is 36.5 Å². The van der Waals surface area contributed by atoms with Crippen molar-refractivity contribution in [2.24, 2.45) is 23.7 Å². The lowest BCUT2D eigenvalue weighted by Gasteiger charge is -2.34. The van der Waals surface area contributed by atoms with Crippen LogP contribution in [-0.2, 0) is 14.4 Å². The van der Waals surface area contributed by atoms with Crippen molar-refractivity contribution >= 4 is 34.3 Å². The number of aromatic nitrogens is 1. The minimum atomic E-state index is -0.551. The molecule has 0 radical (unpaired) electrons. The number of anilines is 1. The Balaban J connectivity index is 1.61. The molecule has 3 amide bonds. The van der Waals surface area contributed by atoms with Gasteiger partial charge in [0.05, 0.1) is 35.2 Å². The highest BCUT2D eigenvalue weighted by molar-refractivity contribution is 6.08. The van der Waals surface area contributed by atoms with E-state index in [4.69, 9.17) is 0 Å². The van der Waals surface area contributed by atoms with Gasteiger partial charge in [-0.3, -0.25) is 24.3 Å². The first-order chi connectivity index (χ1) is 12.5. The number of hydrogen-bond donors (Lipinski definition) is 1. The summed E-state index contributed by atoms with van der Waals surface area (Å²) in [5.41, 5.74) is 1.46. The van der Waals surface area contributed by atoms with Crippen LogP contribution < -0.4 is 5.32 Å². The fraction of sp³-hybridized carbons (Fsp3) is 0.400. The van der Waals surface area contributed by atoms with Gasteiger partial charge in [-0.05, 0) is 30.9 Å². The molecule has 0 unspecified atom stereocenters. The minimum Gasteiger partial charge on any atom is -0.324 e. The molecule has 1 aromatic heterocycles. The van der Waals surface area contributed by atoms with Crippen molar-refractivity contribution in [3.63, 3.8) is 0 Å². The highest BCUT2D eigenvalue weighted by Gasteiger charge is 2.54. The molecule has 2 aliphatic rings. The number of imide groups is 1. The first-order valence-corrected chi connectivity index (χ1v) is 8.94. The van der Waals surface area contributed by atoms with E-state index in [0.717, 1.165) is 17.3 Å². The molecule has 1 aliphatic carbocycles. The largest absolute Gasteiger partial charge is 0.324 e. The maximum atomic E-state index is 13.0. The van der Waals surface area contributed by atoms with Crippen molar-refractivity contribution in [2.75, 3.05) is 12.4 Å². The normalized spacial score (nSPS) is 28.3. The second-order valence-electron chi connectivity index (χ2n) is 7.35. The van der Waals surface area contributed by atoms with E-state index >= 15 is 0 Å². The van der Waals surface area contributed by atoms with Crippen molar-refractivity contribution in [1.82, 2.24) is 9.88 Å². The molecule has 1 aliphatic heterocycles. The van der Waals surface area contributed by atoms with E-state index in [-0.39, 0.29) is 29.6 Å². The Kier molecular flexibility index (Phi) is 3.98. The number of amides is 3. The second kappa shape index (κ2) is 6.20. The van der Waals surface area contributed by atoms with Gasteiger partial charge in [0.25, 0.3) is 0 Å². The van der Waals surface area contributed by atoms with Gasteiger partial charge in [-0.1, -0.05) is 25.1 Å². The summed E-state index contributed by atoms with van der Waals surface area (Å²) in [6.07, 6.45) is 3.06. The predicted molar refractivity (Wildman–Crippen MR) is 97.0 cm³/mol. The molecule has 1 saturated carbocycles. The lowest BCUT2D eigenvalue weighted by atomic mass is 9.67. The highest BCUT2D eigenvalue weighted by Crippen LogP contribution is 2.44. The maximum Gasteiger partial charge on any atom is 0.233 e. The van der Waals surface area contributed by atoms with Crippen molar-refractivity contribution in [3.8, 4) is 0 Å². The fourth-order valence-electron chi connectivity index (χ4n) is 4.38. The molecule has 2 fully saturated rings. The zero-order valence-corrected chi connectivity index (χ0v) is 14.8. The minimum absolute atomic E-state index is 0.0490. The number of nitrogens with one attached hydrogen (secondary N) is 1. The fourth-order valence-corrected chi connectivity index (χ4v) is 4.38. The van der Waals surface area contributed by atoms with Gasteiger partial charge < -0.3 is 5.32 Å². The van der Waals surface area contributed by atoms with E-state index in [1.165, 1.54) is 11.9 Å². The van der Waals surface area contributed by atoms with Crippen LogP contribution in [0.1, 0.15) is 19.8 Å². The lowest BCUT2D eigenvalue weighted by Crippen LogP contribution is -2.43. The lowest BCUT2D eigenvalue weighted by molar-refractivity contribution is -0.140. The number of rotatable bonds is 2. The average molecular weight is 351 g/mol. The summed E-state index contributed by atoms with van der Waals surface area (Å²) in [5, 5.41) is 3.85. The monoisotopic (exact) mass is 351 g/mol. The third-order valence-corrected chi connectivity index (χ3v) is 5.79. The third-order valence-electron chi connectivity index (χ3n) is 5.79. The molecule has 0 bridgehead atoms. The Labute approximate surface area is 151 Å². The van der Waals surface area contributed by atoms with Gasteiger partial charge in [0.15, 0.2) is 0 Å². The second-order valence-corrected chi connectivity index (χ2v) is 7.35. The molecule has 1 N–H and O–H groups in total. The Bertz CT molecular complexity index is 910. The molecule has 134 valence electrons. The number of nitrogens with zero attached hydrogens (tertiary/aromatic N) is 2. The smallest absolute Gasteiger partial charge is 0.233 e. The highest BCUT2D eigenvalue weighted by atomic mass is 16.2. The number of fused-ring (bicyclic) bond motifs is 2. The molecular weight excluding hydrogens is 330 g/mol. The van der Waals surface area contributed by atoms with Gasteiger partial charge in [0.2, 0.25) is 17.7 Å². The SMILES string of the molecule is C[C@@H]1CC[C@@H]2C(=O)N(C)C(=O)[C@@H]2[C@H]1C(=O)Nc1cnc2ccccc2c1. The quantitative estimate of drug-likeness (QED) is 0.843. The molecule has 1 aromatic carbocycles. The Morgan fingerprint density at radius 2 is 1.96 bits per heavy atom. The van der Waals surface area contributed by atoms with Crippen LogP contribution in [0.5, 0.6) is 0 Å². The number of carbonyl (C=O) groups excluding carboxylic acids is 3. The van der Waals surface area contributed by atoms with Crippen molar-refractivity contribution in [1.29, 1.82) is 0 Å². The number of para-hydroxylation sites is 1. The van der Waals surface area contributed by atoms with Gasteiger partial charge in [0.1, 0.15) is 0 Å². The Morgan fingerprint density at radius 1 is 1.19 bits per heavy atom. The molecule has 0 spiro atoms. The Hall–Kier alpha value is -2.76. The maximum absolute atomic E-state index is 13.0. The van der Waals surface area contributed by atoms with Crippen LogP contribution in [0.3, 0.4) is 0 Å². The van der Waals surface area contributed by atoms with Crippen LogP contribution in [0.15, 0.2) is 36.5 Å². The van der Waals surface area contributed by atoms with E-state index in [0.29, 0.717) is 12.1 Å². The van der Waals surface area contributed by atoms with Crippen LogP contribution >= 0.6 is 0 Å². The third kappa shape index (κ3) is 2.57. The van der Waals surface area contributed by atoms with Gasteiger partial charge >= 0.3 is 0 Å². The van der Waals surface area contributed by atoms with Gasteiger partial charge in [-0.25, -0.2) is 0 Å². The Morgan fingerprint density at radius 3 is 2.77 bits per heavy atom. The summed E-state index contributed by atoms with van der Waals surface area (Å²) in [5.74, 6) is -1.96. The number of benzene rings is 1. The summed E-state index contributed by atoms with van der Waals surface area (Å²) in [6.45, 7) is 1.98. The number of likely N-dealkylation sites (tertiary alicyclic amines) is 1. The standard InChI is InChI=1S/C20H21N3O3/c1-11-7-8-14-17(20(26)23(2)19(14)25)16(11)18(24)22-13-9-12-5-3-4-6-15(12)21-10-13/h3-6,9-11,14,16-17H,7-8H2,1-2H3,(H,22,24)/t11-,14+,16+,17+/m1/s1. The topological polar surface area (TPSA) is 79.4 Å². The van der Waals surface area contributed by atoms with Crippen LogP contribution in [0, 0.1) is 23.7 Å². The molecule has 26 heavy (non-hydrogen) atoms. The molecule has 2 aromatic rings. The number of hydrogen-bond acceptors (Lipinski definition) is 4.